The standard InChI is InChI=1S/C17H18BrN3O5S/c1-25-7-8-26-17(24)21-12-4-2-3-11(9-12)20-15(22)10-19-16(23)13-5-6-14(18)27-13/h2-6,9H,7-8,10H2,1H3,(H,19,23)(H,20,22)(H,21,24). The summed E-state index contributed by atoms with van der Waals surface area (Å²) < 4.78 is 10.5. The molecule has 27 heavy (non-hydrogen) atoms. The lowest BCUT2D eigenvalue weighted by Gasteiger charge is -2.09. The number of methoxy groups -OCH3 is 1. The third-order valence-electron chi connectivity index (χ3n) is 3.12. The van der Waals surface area contributed by atoms with Crippen molar-refractivity contribution in [1.29, 1.82) is 0 Å². The number of hydrogen-bond donors (Lipinski definition) is 3. The Morgan fingerprint density at radius 3 is 2.48 bits per heavy atom. The van der Waals surface area contributed by atoms with E-state index >= 15 is 0 Å². The van der Waals surface area contributed by atoms with Crippen LogP contribution in [0.4, 0.5) is 16.2 Å². The summed E-state index contributed by atoms with van der Waals surface area (Å²) in [7, 11) is 1.51. The van der Waals surface area contributed by atoms with E-state index in [1.807, 2.05) is 0 Å². The molecule has 8 nitrogen and oxygen atoms in total. The Balaban J connectivity index is 1.81. The minimum absolute atomic E-state index is 0.138. The third kappa shape index (κ3) is 7.37. The summed E-state index contributed by atoms with van der Waals surface area (Å²) in [6.07, 6.45) is -0.620. The molecule has 0 aliphatic rings. The molecule has 0 saturated carbocycles. The molecule has 144 valence electrons. The van der Waals surface area contributed by atoms with Crippen LogP contribution in [0.5, 0.6) is 0 Å². The Morgan fingerprint density at radius 1 is 1.07 bits per heavy atom. The van der Waals surface area contributed by atoms with Crippen molar-refractivity contribution in [2.24, 2.45) is 0 Å². The molecule has 0 atom stereocenters. The van der Waals surface area contributed by atoms with Gasteiger partial charge < -0.3 is 20.1 Å². The molecule has 3 amide bonds. The second-order valence-electron chi connectivity index (χ2n) is 5.17. The topological polar surface area (TPSA) is 106 Å². The molecule has 2 rings (SSSR count). The van der Waals surface area contributed by atoms with Gasteiger partial charge in [-0.15, -0.1) is 11.3 Å². The Hall–Kier alpha value is -2.43. The number of amides is 3. The van der Waals surface area contributed by atoms with Gasteiger partial charge in [-0.05, 0) is 46.3 Å². The maximum Gasteiger partial charge on any atom is 0.411 e. The largest absolute Gasteiger partial charge is 0.447 e. The minimum atomic E-state index is -0.620. The predicted octanol–water partition coefficient (Wildman–Crippen LogP) is 3.07. The number of carbonyl (C=O) groups excluding carboxylic acids is 3. The van der Waals surface area contributed by atoms with Gasteiger partial charge in [-0.2, -0.15) is 0 Å². The van der Waals surface area contributed by atoms with Crippen LogP contribution in [-0.2, 0) is 14.3 Å². The van der Waals surface area contributed by atoms with E-state index in [9.17, 15) is 14.4 Å². The Labute approximate surface area is 168 Å². The van der Waals surface area contributed by atoms with E-state index in [0.29, 0.717) is 22.9 Å². The van der Waals surface area contributed by atoms with E-state index < -0.39 is 12.0 Å². The van der Waals surface area contributed by atoms with Crippen molar-refractivity contribution in [3.8, 4) is 0 Å². The zero-order chi connectivity index (χ0) is 19.6. The number of carbonyl (C=O) groups is 3. The molecule has 0 aliphatic carbocycles. The van der Waals surface area contributed by atoms with E-state index in [-0.39, 0.29) is 19.1 Å². The van der Waals surface area contributed by atoms with Gasteiger partial charge >= 0.3 is 6.09 Å². The van der Waals surface area contributed by atoms with Crippen LogP contribution in [0.2, 0.25) is 0 Å². The smallest absolute Gasteiger partial charge is 0.411 e. The maximum absolute atomic E-state index is 12.0. The first kappa shape index (κ1) is 20.9. The molecule has 0 spiro atoms. The maximum atomic E-state index is 12.0. The number of anilines is 2. The van der Waals surface area contributed by atoms with Gasteiger partial charge in [0.25, 0.3) is 5.91 Å². The van der Waals surface area contributed by atoms with Crippen LogP contribution >= 0.6 is 27.3 Å². The molecule has 1 aromatic carbocycles. The number of hydrogen-bond acceptors (Lipinski definition) is 6. The highest BCUT2D eigenvalue weighted by Crippen LogP contribution is 2.21. The summed E-state index contributed by atoms with van der Waals surface area (Å²) in [6, 6.07) is 10.00. The first-order valence-corrected chi connectivity index (χ1v) is 9.45. The van der Waals surface area contributed by atoms with Gasteiger partial charge in [0.15, 0.2) is 0 Å². The van der Waals surface area contributed by atoms with E-state index in [1.54, 1.807) is 36.4 Å². The van der Waals surface area contributed by atoms with Crippen LogP contribution in [0.15, 0.2) is 40.2 Å². The van der Waals surface area contributed by atoms with Crippen molar-refractivity contribution in [2.45, 2.75) is 0 Å². The molecule has 0 bridgehead atoms. The monoisotopic (exact) mass is 455 g/mol. The summed E-state index contributed by atoms with van der Waals surface area (Å²) in [5.74, 6) is -0.714. The van der Waals surface area contributed by atoms with Gasteiger partial charge in [-0.1, -0.05) is 6.07 Å². The first-order chi connectivity index (χ1) is 13.0. The lowest BCUT2D eigenvalue weighted by atomic mass is 10.2. The molecule has 0 radical (unpaired) electrons. The average Bonchev–Trinajstić information content (AvgIpc) is 3.07. The van der Waals surface area contributed by atoms with Gasteiger partial charge in [0.2, 0.25) is 5.91 Å². The molecule has 3 N–H and O–H groups in total. The molecule has 1 aromatic heterocycles. The highest BCUT2D eigenvalue weighted by atomic mass is 79.9. The van der Waals surface area contributed by atoms with Crippen molar-refractivity contribution in [1.82, 2.24) is 5.32 Å². The van der Waals surface area contributed by atoms with E-state index in [2.05, 4.69) is 31.9 Å². The van der Waals surface area contributed by atoms with Crippen LogP contribution < -0.4 is 16.0 Å². The van der Waals surface area contributed by atoms with E-state index in [0.717, 1.165) is 3.79 Å². The molecule has 0 saturated heterocycles. The molecular formula is C17H18BrN3O5S. The Kier molecular flexibility index (Phi) is 8.24. The molecular weight excluding hydrogens is 438 g/mol. The third-order valence-corrected chi connectivity index (χ3v) is 4.74. The van der Waals surface area contributed by atoms with Crippen LogP contribution in [0, 0.1) is 0 Å². The summed E-state index contributed by atoms with van der Waals surface area (Å²) in [5, 5.41) is 7.74. The van der Waals surface area contributed by atoms with Crippen molar-refractivity contribution in [3.63, 3.8) is 0 Å². The van der Waals surface area contributed by atoms with Gasteiger partial charge in [-0.3, -0.25) is 14.9 Å². The zero-order valence-corrected chi connectivity index (χ0v) is 16.8. The molecule has 0 aliphatic heterocycles. The Morgan fingerprint density at radius 2 is 1.81 bits per heavy atom. The van der Waals surface area contributed by atoms with Crippen LogP contribution in [0.3, 0.4) is 0 Å². The normalized spacial score (nSPS) is 10.1. The number of thiophene rings is 1. The summed E-state index contributed by atoms with van der Waals surface area (Å²) >= 11 is 4.56. The fourth-order valence-corrected chi connectivity index (χ4v) is 3.24. The molecule has 10 heteroatoms. The SMILES string of the molecule is COCCOC(=O)Nc1cccc(NC(=O)CNC(=O)c2ccc(Br)s2)c1. The quantitative estimate of drug-likeness (QED) is 0.530. The second-order valence-corrected chi connectivity index (χ2v) is 7.63. The van der Waals surface area contributed by atoms with Gasteiger partial charge in [-0.25, -0.2) is 4.79 Å². The van der Waals surface area contributed by atoms with Crippen LogP contribution in [0.1, 0.15) is 9.67 Å². The molecule has 1 heterocycles. The summed E-state index contributed by atoms with van der Waals surface area (Å²) in [4.78, 5) is 36.0. The zero-order valence-electron chi connectivity index (χ0n) is 14.4. The van der Waals surface area contributed by atoms with Crippen molar-refractivity contribution >= 4 is 56.5 Å². The number of halogens is 1. The number of ether oxygens (including phenoxy) is 2. The highest BCUT2D eigenvalue weighted by Gasteiger charge is 2.11. The summed E-state index contributed by atoms with van der Waals surface area (Å²) in [6.45, 7) is 0.266. The van der Waals surface area contributed by atoms with Crippen LogP contribution in [0.25, 0.3) is 0 Å². The van der Waals surface area contributed by atoms with Crippen molar-refractivity contribution in [3.05, 3.63) is 45.1 Å². The minimum Gasteiger partial charge on any atom is -0.447 e. The predicted molar refractivity (Wildman–Crippen MR) is 106 cm³/mol. The van der Waals surface area contributed by atoms with E-state index in [1.165, 1.54) is 18.4 Å². The molecule has 0 unspecified atom stereocenters. The lowest BCUT2D eigenvalue weighted by Crippen LogP contribution is -2.32. The average molecular weight is 456 g/mol. The van der Waals surface area contributed by atoms with Gasteiger partial charge in [0.05, 0.1) is 21.8 Å². The second kappa shape index (κ2) is 10.7. The van der Waals surface area contributed by atoms with Gasteiger partial charge in [0, 0.05) is 18.5 Å². The highest BCUT2D eigenvalue weighted by molar-refractivity contribution is 9.11. The fourth-order valence-electron chi connectivity index (χ4n) is 1.94. The van der Waals surface area contributed by atoms with Crippen molar-refractivity contribution in [2.75, 3.05) is 37.5 Å². The number of nitrogens with one attached hydrogen (secondary N) is 3. The van der Waals surface area contributed by atoms with Crippen molar-refractivity contribution < 1.29 is 23.9 Å². The Bertz CT molecular complexity index is 811. The molecule has 2 aromatic rings. The summed E-state index contributed by atoms with van der Waals surface area (Å²) in [5.41, 5.74) is 0.936. The van der Waals surface area contributed by atoms with E-state index in [4.69, 9.17) is 9.47 Å². The van der Waals surface area contributed by atoms with Gasteiger partial charge in [0.1, 0.15) is 6.61 Å². The molecule has 0 fully saturated rings. The number of benzene rings is 1. The number of rotatable bonds is 8. The first-order valence-electron chi connectivity index (χ1n) is 7.84. The fraction of sp³-hybridized carbons (Fsp3) is 0.235. The van der Waals surface area contributed by atoms with Crippen LogP contribution in [-0.4, -0.2) is 44.8 Å². The lowest BCUT2D eigenvalue weighted by molar-refractivity contribution is -0.115.